The molecule has 0 radical (unpaired) electrons. The third kappa shape index (κ3) is 6.59. The molecular formula is C29H36N10O4. The number of aromatic amines is 2. The van der Waals surface area contributed by atoms with E-state index in [1.807, 2.05) is 13.1 Å². The van der Waals surface area contributed by atoms with Crippen LogP contribution < -0.4 is 26.0 Å². The number of anilines is 2. The Labute approximate surface area is 248 Å². The Morgan fingerprint density at radius 1 is 1.19 bits per heavy atom. The fourth-order valence-corrected chi connectivity index (χ4v) is 5.17. The summed E-state index contributed by atoms with van der Waals surface area (Å²) in [5.74, 6) is 0.491. The number of H-pyrrole nitrogens is 2. The van der Waals surface area contributed by atoms with E-state index >= 15 is 0 Å². The molecule has 1 fully saturated rings. The number of piperidine rings is 1. The number of imidazole rings is 1. The maximum absolute atomic E-state index is 14.0. The van der Waals surface area contributed by atoms with Crippen LogP contribution in [-0.4, -0.2) is 87.5 Å². The quantitative estimate of drug-likeness (QED) is 0.195. The molecule has 1 aliphatic rings. The van der Waals surface area contributed by atoms with Crippen LogP contribution in [0.15, 0.2) is 49.3 Å². The number of carbonyl (C=O) groups is 3. The number of hydrogen-bond acceptors (Lipinski definition) is 9. The minimum Gasteiger partial charge on any atom is -0.410 e. The monoisotopic (exact) mass is 588 g/mol. The van der Waals surface area contributed by atoms with Crippen LogP contribution in [0.4, 0.5) is 16.3 Å². The van der Waals surface area contributed by atoms with E-state index in [-0.39, 0.29) is 24.8 Å². The lowest BCUT2D eigenvalue weighted by molar-refractivity contribution is -0.128. The number of rotatable bonds is 9. The molecule has 5 rings (SSSR count). The number of fused-ring (bicyclic) bond motifs is 1. The lowest BCUT2D eigenvalue weighted by Gasteiger charge is -2.41. The van der Waals surface area contributed by atoms with Crippen LogP contribution in [0, 0.1) is 12.3 Å². The summed E-state index contributed by atoms with van der Waals surface area (Å²) in [5, 5.41) is 6.86. The van der Waals surface area contributed by atoms with Gasteiger partial charge in [0.2, 0.25) is 11.8 Å². The Morgan fingerprint density at radius 2 is 1.98 bits per heavy atom. The van der Waals surface area contributed by atoms with Gasteiger partial charge in [-0.05, 0) is 37.5 Å². The Hall–Kier alpha value is -4.98. The number of ether oxygens (including phenoxy) is 1. The highest BCUT2D eigenvalue weighted by atomic mass is 16.6. The van der Waals surface area contributed by atoms with Gasteiger partial charge in [0, 0.05) is 70.0 Å². The van der Waals surface area contributed by atoms with E-state index in [0.717, 1.165) is 28.1 Å². The molecule has 0 unspecified atom stereocenters. The summed E-state index contributed by atoms with van der Waals surface area (Å²) in [6, 6.07) is 5.83. The van der Waals surface area contributed by atoms with Gasteiger partial charge in [-0.3, -0.25) is 9.59 Å². The summed E-state index contributed by atoms with van der Waals surface area (Å²) in [6.45, 7) is 3.15. The Balaban J connectivity index is 1.33. The molecule has 226 valence electrons. The second-order valence-corrected chi connectivity index (χ2v) is 11.0. The van der Waals surface area contributed by atoms with Crippen molar-refractivity contribution in [3.63, 3.8) is 0 Å². The fraction of sp³-hybridized carbons (Fsp3) is 0.379. The van der Waals surface area contributed by atoms with Crippen LogP contribution in [0.25, 0.3) is 11.0 Å². The average Bonchev–Trinajstić information content (AvgIpc) is 3.66. The van der Waals surface area contributed by atoms with Crippen LogP contribution in [0.2, 0.25) is 0 Å². The van der Waals surface area contributed by atoms with Gasteiger partial charge >= 0.3 is 6.09 Å². The second-order valence-electron chi connectivity index (χ2n) is 11.0. The van der Waals surface area contributed by atoms with Crippen molar-refractivity contribution in [3.8, 4) is 5.75 Å². The molecule has 1 aliphatic heterocycles. The first-order valence-electron chi connectivity index (χ1n) is 14.0. The van der Waals surface area contributed by atoms with Crippen molar-refractivity contribution >= 4 is 40.4 Å². The van der Waals surface area contributed by atoms with Gasteiger partial charge in [0.05, 0.1) is 23.2 Å². The first-order chi connectivity index (χ1) is 20.6. The third-order valence-corrected chi connectivity index (χ3v) is 7.74. The summed E-state index contributed by atoms with van der Waals surface area (Å²) in [6.07, 6.45) is 7.23. The second kappa shape index (κ2) is 12.5. The van der Waals surface area contributed by atoms with Crippen molar-refractivity contribution in [2.45, 2.75) is 32.2 Å². The van der Waals surface area contributed by atoms with E-state index in [1.54, 1.807) is 44.6 Å². The van der Waals surface area contributed by atoms with Crippen molar-refractivity contribution in [2.75, 3.05) is 43.9 Å². The van der Waals surface area contributed by atoms with Gasteiger partial charge in [-0.1, -0.05) is 6.07 Å². The highest BCUT2D eigenvalue weighted by Gasteiger charge is 2.42. The van der Waals surface area contributed by atoms with E-state index in [4.69, 9.17) is 10.5 Å². The van der Waals surface area contributed by atoms with Crippen molar-refractivity contribution < 1.29 is 19.1 Å². The Morgan fingerprint density at radius 3 is 2.70 bits per heavy atom. The molecule has 14 nitrogen and oxygen atoms in total. The molecule has 43 heavy (non-hydrogen) atoms. The van der Waals surface area contributed by atoms with Crippen LogP contribution in [-0.2, 0) is 16.0 Å². The van der Waals surface area contributed by atoms with Gasteiger partial charge in [0.25, 0.3) is 0 Å². The number of amides is 3. The number of hydrogen-bond donors (Lipinski definition) is 5. The van der Waals surface area contributed by atoms with E-state index in [9.17, 15) is 14.4 Å². The van der Waals surface area contributed by atoms with Gasteiger partial charge in [0.1, 0.15) is 23.5 Å². The minimum atomic E-state index is -0.935. The molecule has 1 atom stereocenters. The molecule has 14 heteroatoms. The smallest absolute Gasteiger partial charge is 0.410 e. The molecule has 3 amide bonds. The Kier molecular flexibility index (Phi) is 8.57. The summed E-state index contributed by atoms with van der Waals surface area (Å²) in [7, 11) is 3.17. The van der Waals surface area contributed by atoms with Crippen molar-refractivity contribution in [3.05, 3.63) is 60.6 Å². The van der Waals surface area contributed by atoms with Gasteiger partial charge in [0.15, 0.2) is 0 Å². The molecule has 4 heterocycles. The molecule has 1 aromatic carbocycles. The molecule has 6 N–H and O–H groups in total. The maximum Gasteiger partial charge on any atom is 0.414 e. The van der Waals surface area contributed by atoms with Crippen molar-refractivity contribution in [2.24, 2.45) is 11.1 Å². The molecular weight excluding hydrogens is 552 g/mol. The first kappa shape index (κ1) is 29.5. The van der Waals surface area contributed by atoms with Crippen LogP contribution in [0.1, 0.15) is 24.1 Å². The molecule has 1 saturated heterocycles. The van der Waals surface area contributed by atoms with E-state index in [1.165, 1.54) is 17.6 Å². The topological polar surface area (TPSA) is 187 Å². The normalized spacial score (nSPS) is 15.1. The maximum atomic E-state index is 14.0. The number of aryl methyl sites for hydroxylation is 1. The minimum absolute atomic E-state index is 0.0971. The van der Waals surface area contributed by atoms with Gasteiger partial charge in [-0.25, -0.2) is 19.7 Å². The molecule has 0 saturated carbocycles. The first-order valence-corrected chi connectivity index (χ1v) is 14.0. The predicted octanol–water partition coefficient (Wildman–Crippen LogP) is 1.96. The van der Waals surface area contributed by atoms with Crippen molar-refractivity contribution in [1.82, 2.24) is 35.1 Å². The zero-order valence-corrected chi connectivity index (χ0v) is 24.4. The number of carbonyl (C=O) groups excluding carboxylic acids is 3. The van der Waals surface area contributed by atoms with Gasteiger partial charge < -0.3 is 40.9 Å². The molecule has 0 bridgehead atoms. The number of aromatic nitrogens is 5. The molecule has 3 aromatic heterocycles. The molecule has 4 aromatic rings. The highest BCUT2D eigenvalue weighted by Crippen LogP contribution is 2.36. The van der Waals surface area contributed by atoms with Crippen LogP contribution in [0.3, 0.4) is 0 Å². The summed E-state index contributed by atoms with van der Waals surface area (Å²) >= 11 is 0. The Bertz CT molecular complexity index is 1590. The standard InChI is InChI=1S/C29H36N10O4/c1-18-13-32-24-23(18)25(36-17-35-24)39-9-7-29(8-10-39,15-33-26(40)22(30)12-20-14-31-16-34-20)27(41)37-19-5-4-6-21(11-19)43-28(42)38(2)3/h4-6,11,13-14,16-17,22H,7-10,12,15,30H2,1-3H3,(H,31,34)(H,33,40)(H,37,41)(H,32,35,36)/t22-/m0/s1. The number of nitrogens with one attached hydrogen (secondary N) is 4. The highest BCUT2D eigenvalue weighted by molar-refractivity contribution is 5.97. The lowest BCUT2D eigenvalue weighted by atomic mass is 9.77. The van der Waals surface area contributed by atoms with Gasteiger partial charge in [-0.15, -0.1) is 0 Å². The number of benzene rings is 1. The summed E-state index contributed by atoms with van der Waals surface area (Å²) in [4.78, 5) is 61.4. The van der Waals surface area contributed by atoms with E-state index < -0.39 is 17.6 Å². The van der Waals surface area contributed by atoms with E-state index in [0.29, 0.717) is 37.4 Å². The zero-order chi connectivity index (χ0) is 30.6. The number of nitrogens with zero attached hydrogens (tertiary/aromatic N) is 5. The van der Waals surface area contributed by atoms with Crippen LogP contribution in [0.5, 0.6) is 5.75 Å². The van der Waals surface area contributed by atoms with Crippen LogP contribution >= 0.6 is 0 Å². The van der Waals surface area contributed by atoms with Crippen molar-refractivity contribution in [1.29, 1.82) is 0 Å². The summed E-state index contributed by atoms with van der Waals surface area (Å²) in [5.41, 5.74) is 8.24. The molecule has 0 spiro atoms. The SMILES string of the molecule is Cc1c[nH]c2ncnc(N3CCC(CNC(=O)[C@@H](N)Cc4cnc[nH]4)(C(=O)Nc4cccc(OC(=O)N(C)C)c4)CC3)c12. The van der Waals surface area contributed by atoms with Gasteiger partial charge in [-0.2, -0.15) is 0 Å². The number of nitrogens with two attached hydrogens (primary N) is 1. The van der Waals surface area contributed by atoms with E-state index in [2.05, 4.69) is 40.5 Å². The predicted molar refractivity (Wildman–Crippen MR) is 161 cm³/mol. The largest absolute Gasteiger partial charge is 0.414 e. The lowest BCUT2D eigenvalue weighted by Crippen LogP contribution is -2.54. The zero-order valence-electron chi connectivity index (χ0n) is 24.4. The fourth-order valence-electron chi connectivity index (χ4n) is 5.17. The average molecular weight is 589 g/mol. The molecule has 0 aliphatic carbocycles. The third-order valence-electron chi connectivity index (χ3n) is 7.74. The summed E-state index contributed by atoms with van der Waals surface area (Å²) < 4.78 is 5.35.